The van der Waals surface area contributed by atoms with Crippen LogP contribution in [-0.2, 0) is 12.8 Å². The van der Waals surface area contributed by atoms with Crippen LogP contribution in [0.2, 0.25) is 0 Å². The summed E-state index contributed by atoms with van der Waals surface area (Å²) in [6, 6.07) is 13.9. The van der Waals surface area contributed by atoms with E-state index in [2.05, 4.69) is 50.2 Å². The van der Waals surface area contributed by atoms with E-state index in [0.29, 0.717) is 0 Å². The number of aryl methyl sites for hydroxylation is 4. The van der Waals surface area contributed by atoms with Gasteiger partial charge in [-0.3, -0.25) is 0 Å². The highest BCUT2D eigenvalue weighted by Gasteiger charge is 2.24. The fourth-order valence-corrected chi connectivity index (χ4v) is 3.79. The van der Waals surface area contributed by atoms with Crippen molar-refractivity contribution in [2.75, 3.05) is 0 Å². The SMILES string of the molecule is Cc1ccc2c(c1)/C(=C1\CCc3ccc(C)cc31)CC2. The number of allylic oxidation sites excluding steroid dienone is 2. The van der Waals surface area contributed by atoms with Crippen LogP contribution in [-0.4, -0.2) is 0 Å². The van der Waals surface area contributed by atoms with Gasteiger partial charge in [-0.25, -0.2) is 0 Å². The molecule has 0 radical (unpaired) electrons. The molecule has 4 rings (SSSR count). The van der Waals surface area contributed by atoms with Crippen LogP contribution in [0.1, 0.15) is 46.2 Å². The monoisotopic (exact) mass is 260 g/mol. The van der Waals surface area contributed by atoms with Crippen molar-refractivity contribution >= 4 is 11.1 Å². The van der Waals surface area contributed by atoms with E-state index in [4.69, 9.17) is 0 Å². The molecule has 0 N–H and O–H groups in total. The van der Waals surface area contributed by atoms with E-state index < -0.39 is 0 Å². The molecule has 0 nitrogen and oxygen atoms in total. The summed E-state index contributed by atoms with van der Waals surface area (Å²) >= 11 is 0. The molecule has 0 saturated carbocycles. The molecule has 0 spiro atoms. The van der Waals surface area contributed by atoms with Crippen LogP contribution in [0.3, 0.4) is 0 Å². The second-order valence-electron chi connectivity index (χ2n) is 6.28. The lowest BCUT2D eigenvalue weighted by molar-refractivity contribution is 1.06. The quantitative estimate of drug-likeness (QED) is 0.617. The Bertz CT molecular complexity index is 668. The average molecular weight is 260 g/mol. The molecule has 0 amide bonds. The fourth-order valence-electron chi connectivity index (χ4n) is 3.79. The molecule has 2 aromatic carbocycles. The standard InChI is InChI=1S/C20H20/c1-13-3-5-15-7-9-17(19(15)11-13)18-10-8-16-6-4-14(2)12-20(16)18/h3-6,11-12H,7-10H2,1-2H3/b18-17+. The smallest absolute Gasteiger partial charge is 0.0187 e. The molecule has 0 heterocycles. The van der Waals surface area contributed by atoms with E-state index in [9.17, 15) is 0 Å². The minimum absolute atomic E-state index is 1.22. The molecule has 20 heavy (non-hydrogen) atoms. The summed E-state index contributed by atoms with van der Waals surface area (Å²) in [5, 5.41) is 0. The van der Waals surface area contributed by atoms with Crippen LogP contribution < -0.4 is 0 Å². The maximum atomic E-state index is 2.39. The van der Waals surface area contributed by atoms with Crippen LogP contribution >= 0.6 is 0 Å². The molecule has 0 atom stereocenters. The highest BCUT2D eigenvalue weighted by atomic mass is 14.3. The topological polar surface area (TPSA) is 0 Å². The van der Waals surface area contributed by atoms with Crippen molar-refractivity contribution in [1.29, 1.82) is 0 Å². The Morgan fingerprint density at radius 2 is 1.05 bits per heavy atom. The minimum Gasteiger partial charge on any atom is -0.0590 e. The Kier molecular flexibility index (Phi) is 2.60. The molecular weight excluding hydrogens is 240 g/mol. The Morgan fingerprint density at radius 1 is 0.600 bits per heavy atom. The summed E-state index contributed by atoms with van der Waals surface area (Å²) < 4.78 is 0. The summed E-state index contributed by atoms with van der Waals surface area (Å²) in [6.45, 7) is 4.40. The van der Waals surface area contributed by atoms with Gasteiger partial charge in [0, 0.05) is 0 Å². The maximum Gasteiger partial charge on any atom is -0.0187 e. The van der Waals surface area contributed by atoms with E-state index in [-0.39, 0.29) is 0 Å². The molecule has 100 valence electrons. The zero-order valence-corrected chi connectivity index (χ0v) is 12.3. The lowest BCUT2D eigenvalue weighted by Gasteiger charge is -2.09. The Balaban J connectivity index is 1.92. The molecule has 0 fully saturated rings. The van der Waals surface area contributed by atoms with Gasteiger partial charge < -0.3 is 0 Å². The first kappa shape index (κ1) is 12.0. The van der Waals surface area contributed by atoms with Gasteiger partial charge in [0.15, 0.2) is 0 Å². The van der Waals surface area contributed by atoms with E-state index in [0.717, 1.165) is 0 Å². The lowest BCUT2D eigenvalue weighted by atomic mass is 9.95. The molecular formula is C20H20. The average Bonchev–Trinajstić information content (AvgIpc) is 3.01. The van der Waals surface area contributed by atoms with E-state index in [1.165, 1.54) is 47.9 Å². The largest absolute Gasteiger partial charge is 0.0590 e. The molecule has 0 heteroatoms. The fraction of sp³-hybridized carbons (Fsp3) is 0.300. The van der Waals surface area contributed by atoms with E-state index in [1.54, 1.807) is 22.3 Å². The van der Waals surface area contributed by atoms with Gasteiger partial charge in [-0.2, -0.15) is 0 Å². The number of benzene rings is 2. The number of hydrogen-bond donors (Lipinski definition) is 0. The van der Waals surface area contributed by atoms with Crippen molar-refractivity contribution in [3.8, 4) is 0 Å². The first-order valence-electron chi connectivity index (χ1n) is 7.64. The Hall–Kier alpha value is -1.82. The number of fused-ring (bicyclic) bond motifs is 2. The summed E-state index contributed by atoms with van der Waals surface area (Å²) in [5.41, 5.74) is 12.1. The van der Waals surface area contributed by atoms with Crippen LogP contribution in [0.25, 0.3) is 11.1 Å². The van der Waals surface area contributed by atoms with Crippen molar-refractivity contribution in [2.24, 2.45) is 0 Å². The van der Waals surface area contributed by atoms with Gasteiger partial charge in [0.2, 0.25) is 0 Å². The zero-order valence-electron chi connectivity index (χ0n) is 12.3. The molecule has 0 unspecified atom stereocenters. The van der Waals surface area contributed by atoms with Gasteiger partial charge in [-0.1, -0.05) is 47.5 Å². The molecule has 2 aromatic rings. The Morgan fingerprint density at radius 3 is 1.50 bits per heavy atom. The normalized spacial score (nSPS) is 20.1. The highest BCUT2D eigenvalue weighted by Crippen LogP contribution is 2.44. The van der Waals surface area contributed by atoms with Crippen LogP contribution in [0, 0.1) is 13.8 Å². The Labute approximate surface area is 121 Å². The van der Waals surface area contributed by atoms with Crippen molar-refractivity contribution in [3.05, 3.63) is 69.8 Å². The highest BCUT2D eigenvalue weighted by molar-refractivity contribution is 5.96. The van der Waals surface area contributed by atoms with Crippen molar-refractivity contribution in [1.82, 2.24) is 0 Å². The van der Waals surface area contributed by atoms with Crippen LogP contribution in [0.4, 0.5) is 0 Å². The molecule has 0 bridgehead atoms. The van der Waals surface area contributed by atoms with Gasteiger partial charge in [-0.05, 0) is 72.9 Å². The second kappa shape index (κ2) is 4.34. The summed E-state index contributed by atoms with van der Waals surface area (Å²) in [5.74, 6) is 0. The first-order valence-corrected chi connectivity index (χ1v) is 7.64. The molecule has 0 aromatic heterocycles. The second-order valence-corrected chi connectivity index (χ2v) is 6.28. The molecule has 2 aliphatic carbocycles. The predicted octanol–water partition coefficient (Wildman–Crippen LogP) is 5.11. The summed E-state index contributed by atoms with van der Waals surface area (Å²) in [7, 11) is 0. The van der Waals surface area contributed by atoms with Gasteiger partial charge in [0.1, 0.15) is 0 Å². The van der Waals surface area contributed by atoms with Crippen molar-refractivity contribution in [2.45, 2.75) is 39.5 Å². The number of hydrogen-bond acceptors (Lipinski definition) is 0. The van der Waals surface area contributed by atoms with Gasteiger partial charge in [0.05, 0.1) is 0 Å². The summed E-state index contributed by atoms with van der Waals surface area (Å²) in [4.78, 5) is 0. The van der Waals surface area contributed by atoms with Crippen LogP contribution in [0.15, 0.2) is 36.4 Å². The van der Waals surface area contributed by atoms with E-state index >= 15 is 0 Å². The first-order chi connectivity index (χ1) is 9.72. The van der Waals surface area contributed by atoms with E-state index in [1.807, 2.05) is 0 Å². The molecule has 0 saturated heterocycles. The minimum atomic E-state index is 1.22. The zero-order chi connectivity index (χ0) is 13.7. The molecule has 0 aliphatic heterocycles. The van der Waals surface area contributed by atoms with Crippen molar-refractivity contribution in [3.63, 3.8) is 0 Å². The lowest BCUT2D eigenvalue weighted by Crippen LogP contribution is -1.88. The van der Waals surface area contributed by atoms with Gasteiger partial charge in [-0.15, -0.1) is 0 Å². The van der Waals surface area contributed by atoms with Gasteiger partial charge in [0.25, 0.3) is 0 Å². The van der Waals surface area contributed by atoms with Crippen molar-refractivity contribution < 1.29 is 0 Å². The third kappa shape index (κ3) is 1.75. The maximum absolute atomic E-state index is 2.39. The van der Waals surface area contributed by atoms with Crippen LogP contribution in [0.5, 0.6) is 0 Å². The molecule has 2 aliphatic rings. The predicted molar refractivity (Wildman–Crippen MR) is 85.8 cm³/mol. The number of rotatable bonds is 0. The third-order valence-electron chi connectivity index (χ3n) is 4.83. The van der Waals surface area contributed by atoms with Gasteiger partial charge >= 0.3 is 0 Å². The third-order valence-corrected chi connectivity index (χ3v) is 4.83. The summed E-state index contributed by atoms with van der Waals surface area (Å²) in [6.07, 6.45) is 4.88.